The Labute approximate surface area is 124 Å². The molecule has 0 aliphatic rings. The number of rotatable bonds is 6. The van der Waals surface area contributed by atoms with Crippen molar-refractivity contribution in [3.8, 4) is 0 Å². The highest BCUT2D eigenvalue weighted by atomic mass is 19.1. The van der Waals surface area contributed by atoms with Gasteiger partial charge in [-0.15, -0.1) is 0 Å². The van der Waals surface area contributed by atoms with E-state index in [0.717, 1.165) is 18.9 Å². The molecule has 0 fully saturated rings. The van der Waals surface area contributed by atoms with Crippen LogP contribution in [-0.2, 0) is 0 Å². The van der Waals surface area contributed by atoms with E-state index in [1.165, 1.54) is 12.1 Å². The quantitative estimate of drug-likeness (QED) is 0.856. The van der Waals surface area contributed by atoms with Gasteiger partial charge in [-0.2, -0.15) is 0 Å². The van der Waals surface area contributed by atoms with E-state index in [1.54, 1.807) is 12.1 Å². The van der Waals surface area contributed by atoms with Gasteiger partial charge in [-0.05, 0) is 39.2 Å². The number of hydrogen-bond acceptors (Lipinski definition) is 5. The summed E-state index contributed by atoms with van der Waals surface area (Å²) in [6.07, 6.45) is 0. The largest absolute Gasteiger partial charge is 0.369 e. The molecule has 112 valence electrons. The molecule has 0 atom stereocenters. The van der Waals surface area contributed by atoms with Crippen molar-refractivity contribution in [2.45, 2.75) is 6.92 Å². The van der Waals surface area contributed by atoms with E-state index in [-0.39, 0.29) is 5.82 Å². The van der Waals surface area contributed by atoms with Crippen LogP contribution in [0.25, 0.3) is 0 Å². The number of nitrogens with zero attached hydrogens (tertiary/aromatic N) is 3. The fourth-order valence-electron chi connectivity index (χ4n) is 1.84. The number of likely N-dealkylation sites (N-methyl/N-ethyl adjacent to an activating group) is 1. The first-order valence-corrected chi connectivity index (χ1v) is 6.80. The van der Waals surface area contributed by atoms with Crippen LogP contribution in [0.3, 0.4) is 0 Å². The third kappa shape index (κ3) is 5.00. The van der Waals surface area contributed by atoms with Crippen LogP contribution in [-0.4, -0.2) is 42.1 Å². The number of benzene rings is 1. The Morgan fingerprint density at radius 1 is 1.14 bits per heavy atom. The molecular formula is C15H20FN5. The third-order valence-electron chi connectivity index (χ3n) is 2.80. The lowest BCUT2D eigenvalue weighted by Crippen LogP contribution is -2.21. The Kier molecular flexibility index (Phi) is 5.05. The Bertz CT molecular complexity index is 600. The second-order valence-electron chi connectivity index (χ2n) is 5.05. The highest BCUT2D eigenvalue weighted by molar-refractivity contribution is 5.59. The number of hydrogen-bond donors (Lipinski definition) is 2. The first-order chi connectivity index (χ1) is 10.0. The first-order valence-electron chi connectivity index (χ1n) is 6.80. The maximum absolute atomic E-state index is 13.2. The van der Waals surface area contributed by atoms with E-state index in [0.29, 0.717) is 17.3 Å². The molecule has 1 aromatic carbocycles. The minimum atomic E-state index is -0.282. The molecule has 1 heterocycles. The number of nitrogens with one attached hydrogen (secondary N) is 2. The van der Waals surface area contributed by atoms with Gasteiger partial charge in [0, 0.05) is 24.8 Å². The second-order valence-corrected chi connectivity index (χ2v) is 5.05. The topological polar surface area (TPSA) is 53.1 Å². The zero-order chi connectivity index (χ0) is 15.2. The number of aromatic nitrogens is 2. The molecule has 0 bridgehead atoms. The SMILES string of the molecule is Cc1nc(NCCN(C)C)cc(Nc2cccc(F)c2)n1. The van der Waals surface area contributed by atoms with Gasteiger partial charge in [0.25, 0.3) is 0 Å². The molecule has 2 N–H and O–H groups in total. The fourth-order valence-corrected chi connectivity index (χ4v) is 1.84. The third-order valence-corrected chi connectivity index (χ3v) is 2.80. The summed E-state index contributed by atoms with van der Waals surface area (Å²) in [4.78, 5) is 10.7. The van der Waals surface area contributed by atoms with Crippen LogP contribution in [0.1, 0.15) is 5.82 Å². The van der Waals surface area contributed by atoms with E-state index in [4.69, 9.17) is 0 Å². The molecule has 0 aliphatic heterocycles. The molecule has 0 unspecified atom stereocenters. The van der Waals surface area contributed by atoms with Crippen LogP contribution in [0.5, 0.6) is 0 Å². The van der Waals surface area contributed by atoms with Crippen LogP contribution < -0.4 is 10.6 Å². The Morgan fingerprint density at radius 3 is 2.62 bits per heavy atom. The summed E-state index contributed by atoms with van der Waals surface area (Å²) in [6.45, 7) is 3.53. The summed E-state index contributed by atoms with van der Waals surface area (Å²) in [5.41, 5.74) is 0.660. The lowest BCUT2D eigenvalue weighted by atomic mass is 10.3. The lowest BCUT2D eigenvalue weighted by molar-refractivity contribution is 0.425. The zero-order valence-corrected chi connectivity index (χ0v) is 12.5. The molecule has 6 heteroatoms. The lowest BCUT2D eigenvalue weighted by Gasteiger charge is -2.12. The van der Waals surface area contributed by atoms with Crippen molar-refractivity contribution in [1.82, 2.24) is 14.9 Å². The molecule has 21 heavy (non-hydrogen) atoms. The number of aryl methyl sites for hydroxylation is 1. The smallest absolute Gasteiger partial charge is 0.136 e. The molecular weight excluding hydrogens is 269 g/mol. The first kappa shape index (κ1) is 15.2. The molecule has 1 aromatic heterocycles. The van der Waals surface area contributed by atoms with Crippen LogP contribution in [0.15, 0.2) is 30.3 Å². The van der Waals surface area contributed by atoms with E-state index in [1.807, 2.05) is 27.1 Å². The van der Waals surface area contributed by atoms with Gasteiger partial charge < -0.3 is 15.5 Å². The van der Waals surface area contributed by atoms with Gasteiger partial charge in [-0.3, -0.25) is 0 Å². The molecule has 0 saturated carbocycles. The molecule has 0 saturated heterocycles. The van der Waals surface area contributed by atoms with Crippen LogP contribution in [0, 0.1) is 12.7 Å². The molecule has 0 aliphatic carbocycles. The predicted octanol–water partition coefficient (Wildman–Crippen LogP) is 2.64. The van der Waals surface area contributed by atoms with Crippen molar-refractivity contribution in [1.29, 1.82) is 0 Å². The second kappa shape index (κ2) is 6.99. The normalized spacial score (nSPS) is 10.7. The highest BCUT2D eigenvalue weighted by Crippen LogP contribution is 2.18. The van der Waals surface area contributed by atoms with Gasteiger partial charge in [0.05, 0.1) is 0 Å². The summed E-state index contributed by atoms with van der Waals surface area (Å²) < 4.78 is 13.2. The fraction of sp³-hybridized carbons (Fsp3) is 0.333. The van der Waals surface area contributed by atoms with Gasteiger partial charge in [-0.25, -0.2) is 14.4 Å². The predicted molar refractivity (Wildman–Crippen MR) is 83.5 cm³/mol. The standard InChI is InChI=1S/C15H20FN5/c1-11-18-14(17-7-8-21(2)3)10-15(19-11)20-13-6-4-5-12(16)9-13/h4-6,9-10H,7-8H2,1-3H3,(H2,17,18,19,20). The number of anilines is 3. The minimum Gasteiger partial charge on any atom is -0.369 e. The number of halogens is 1. The Balaban J connectivity index is 2.07. The van der Waals surface area contributed by atoms with Crippen LogP contribution in [0.4, 0.5) is 21.7 Å². The van der Waals surface area contributed by atoms with Gasteiger partial charge in [0.15, 0.2) is 0 Å². The van der Waals surface area contributed by atoms with Gasteiger partial charge >= 0.3 is 0 Å². The average molecular weight is 289 g/mol. The molecule has 0 radical (unpaired) electrons. The summed E-state index contributed by atoms with van der Waals surface area (Å²) in [5, 5.41) is 6.33. The Morgan fingerprint density at radius 2 is 1.90 bits per heavy atom. The summed E-state index contributed by atoms with van der Waals surface area (Å²) in [5.74, 6) is 1.77. The van der Waals surface area contributed by atoms with Crippen molar-refractivity contribution in [3.05, 3.63) is 42.0 Å². The summed E-state index contributed by atoms with van der Waals surface area (Å²) >= 11 is 0. The van der Waals surface area contributed by atoms with Crippen molar-refractivity contribution in [2.75, 3.05) is 37.8 Å². The summed E-state index contributed by atoms with van der Waals surface area (Å²) in [6, 6.07) is 8.09. The molecule has 2 rings (SSSR count). The minimum absolute atomic E-state index is 0.282. The molecule has 5 nitrogen and oxygen atoms in total. The Hall–Kier alpha value is -2.21. The monoisotopic (exact) mass is 289 g/mol. The van der Waals surface area contributed by atoms with Gasteiger partial charge in [-0.1, -0.05) is 6.07 Å². The van der Waals surface area contributed by atoms with Crippen molar-refractivity contribution in [3.63, 3.8) is 0 Å². The average Bonchev–Trinajstić information content (AvgIpc) is 2.37. The molecule has 0 spiro atoms. The van der Waals surface area contributed by atoms with E-state index >= 15 is 0 Å². The maximum Gasteiger partial charge on any atom is 0.136 e. The van der Waals surface area contributed by atoms with E-state index < -0.39 is 0 Å². The molecule has 0 amide bonds. The van der Waals surface area contributed by atoms with E-state index in [9.17, 15) is 4.39 Å². The van der Waals surface area contributed by atoms with Crippen molar-refractivity contribution >= 4 is 17.3 Å². The van der Waals surface area contributed by atoms with Crippen LogP contribution >= 0.6 is 0 Å². The van der Waals surface area contributed by atoms with Crippen molar-refractivity contribution < 1.29 is 4.39 Å². The zero-order valence-electron chi connectivity index (χ0n) is 12.5. The highest BCUT2D eigenvalue weighted by Gasteiger charge is 2.03. The van der Waals surface area contributed by atoms with Crippen molar-refractivity contribution in [2.24, 2.45) is 0 Å². The van der Waals surface area contributed by atoms with E-state index in [2.05, 4.69) is 25.5 Å². The van der Waals surface area contributed by atoms with Crippen LogP contribution in [0.2, 0.25) is 0 Å². The van der Waals surface area contributed by atoms with Gasteiger partial charge in [0.2, 0.25) is 0 Å². The van der Waals surface area contributed by atoms with Gasteiger partial charge in [0.1, 0.15) is 23.3 Å². The molecule has 2 aromatic rings. The summed E-state index contributed by atoms with van der Waals surface area (Å²) in [7, 11) is 4.04. The maximum atomic E-state index is 13.2.